The Morgan fingerprint density at radius 1 is 1.26 bits per heavy atom. The number of carbonyl (C=O) groups excluding carboxylic acids is 1. The summed E-state index contributed by atoms with van der Waals surface area (Å²) in [6, 6.07) is 15.5. The third kappa shape index (κ3) is 4.25. The number of hydrogen-bond donors (Lipinski definition) is 1. The minimum Gasteiger partial charge on any atom is -0.349 e. The van der Waals surface area contributed by atoms with Gasteiger partial charge in [-0.2, -0.15) is 0 Å². The summed E-state index contributed by atoms with van der Waals surface area (Å²) in [5, 5.41) is 4.39. The molecule has 1 unspecified atom stereocenters. The fourth-order valence-electron chi connectivity index (χ4n) is 2.07. The minimum absolute atomic E-state index is 0.00389. The molecule has 0 aliphatic heterocycles. The maximum atomic E-state index is 12.2. The van der Waals surface area contributed by atoms with Gasteiger partial charge in [0.15, 0.2) is 0 Å². The zero-order valence-corrected chi connectivity index (χ0v) is 14.8. The number of rotatable bonds is 5. The number of para-hydroxylation sites is 1. The topological polar surface area (TPSA) is 42.0 Å². The van der Waals surface area contributed by atoms with Crippen molar-refractivity contribution in [3.05, 3.63) is 58.6 Å². The lowest BCUT2D eigenvalue weighted by Crippen LogP contribution is -2.30. The van der Waals surface area contributed by atoms with Crippen LogP contribution in [-0.4, -0.2) is 16.1 Å². The molecule has 1 amide bonds. The van der Waals surface area contributed by atoms with Gasteiger partial charge in [0.1, 0.15) is 5.01 Å². The molecule has 0 spiro atoms. The van der Waals surface area contributed by atoms with Crippen molar-refractivity contribution in [1.29, 1.82) is 0 Å². The molecule has 0 aliphatic carbocycles. The highest BCUT2D eigenvalue weighted by Crippen LogP contribution is 2.25. The zero-order valence-electron chi connectivity index (χ0n) is 12.5. The number of thiazole rings is 1. The van der Waals surface area contributed by atoms with Crippen LogP contribution in [0, 0.1) is 0 Å². The fraction of sp³-hybridized carbons (Fsp3) is 0.176. The molecule has 0 fully saturated rings. The standard InChI is InChI=1S/C17H15ClN2OS2/c1-11(22-13-8-6-12(18)7-9-13)17(21)19-10-16-20-14-4-2-3-5-15(14)23-16/h2-9,11H,10H2,1H3,(H,19,21). The summed E-state index contributed by atoms with van der Waals surface area (Å²) in [5.41, 5.74) is 0.977. The summed E-state index contributed by atoms with van der Waals surface area (Å²) in [7, 11) is 0. The average Bonchev–Trinajstić information content (AvgIpc) is 2.97. The van der Waals surface area contributed by atoms with E-state index in [1.165, 1.54) is 11.8 Å². The number of amides is 1. The van der Waals surface area contributed by atoms with Crippen molar-refractivity contribution in [1.82, 2.24) is 10.3 Å². The second-order valence-corrected chi connectivity index (χ2v) is 7.97. The summed E-state index contributed by atoms with van der Waals surface area (Å²) in [6.07, 6.45) is 0. The van der Waals surface area contributed by atoms with Gasteiger partial charge in [-0.1, -0.05) is 23.7 Å². The molecule has 0 radical (unpaired) electrons. The molecule has 6 heteroatoms. The Balaban J connectivity index is 1.56. The van der Waals surface area contributed by atoms with E-state index >= 15 is 0 Å². The minimum atomic E-state index is -0.175. The van der Waals surface area contributed by atoms with E-state index in [9.17, 15) is 4.79 Å². The van der Waals surface area contributed by atoms with Gasteiger partial charge in [-0.3, -0.25) is 4.79 Å². The van der Waals surface area contributed by atoms with Crippen molar-refractivity contribution in [2.75, 3.05) is 0 Å². The van der Waals surface area contributed by atoms with Crippen LogP contribution >= 0.6 is 34.7 Å². The number of nitrogens with one attached hydrogen (secondary N) is 1. The molecule has 0 saturated heterocycles. The Hall–Kier alpha value is -1.56. The summed E-state index contributed by atoms with van der Waals surface area (Å²) in [6.45, 7) is 2.36. The molecular formula is C17H15ClN2OS2. The van der Waals surface area contributed by atoms with E-state index in [4.69, 9.17) is 11.6 Å². The molecule has 0 saturated carbocycles. The summed E-state index contributed by atoms with van der Waals surface area (Å²) in [5.74, 6) is 0.00389. The van der Waals surface area contributed by atoms with Crippen LogP contribution < -0.4 is 5.32 Å². The van der Waals surface area contributed by atoms with Gasteiger partial charge in [0.25, 0.3) is 0 Å². The lowest BCUT2D eigenvalue weighted by Gasteiger charge is -2.11. The van der Waals surface area contributed by atoms with Gasteiger partial charge in [0.2, 0.25) is 5.91 Å². The number of hydrogen-bond acceptors (Lipinski definition) is 4. The number of benzene rings is 2. The normalized spacial score (nSPS) is 12.3. The molecular weight excluding hydrogens is 348 g/mol. The van der Waals surface area contributed by atoms with Crippen LogP contribution in [0.3, 0.4) is 0 Å². The quantitative estimate of drug-likeness (QED) is 0.666. The Morgan fingerprint density at radius 3 is 2.74 bits per heavy atom. The molecule has 0 bridgehead atoms. The highest BCUT2D eigenvalue weighted by Gasteiger charge is 2.14. The predicted octanol–water partition coefficient (Wildman–Crippen LogP) is 4.75. The van der Waals surface area contributed by atoms with Crippen LogP contribution in [0.2, 0.25) is 5.02 Å². The lowest BCUT2D eigenvalue weighted by atomic mass is 10.3. The van der Waals surface area contributed by atoms with Gasteiger partial charge >= 0.3 is 0 Å². The number of carbonyl (C=O) groups is 1. The van der Waals surface area contributed by atoms with Crippen LogP contribution in [-0.2, 0) is 11.3 Å². The summed E-state index contributed by atoms with van der Waals surface area (Å²) in [4.78, 5) is 17.8. The molecule has 1 aromatic heterocycles. The van der Waals surface area contributed by atoms with Crippen LogP contribution in [0.5, 0.6) is 0 Å². The second-order valence-electron chi connectivity index (χ2n) is 5.01. The van der Waals surface area contributed by atoms with E-state index < -0.39 is 0 Å². The zero-order chi connectivity index (χ0) is 16.2. The Bertz CT molecular complexity index is 784. The van der Waals surface area contributed by atoms with E-state index in [0.717, 1.165) is 20.1 Å². The van der Waals surface area contributed by atoms with Crippen molar-refractivity contribution < 1.29 is 4.79 Å². The average molecular weight is 363 g/mol. The van der Waals surface area contributed by atoms with Crippen LogP contribution in [0.15, 0.2) is 53.4 Å². The molecule has 2 aromatic carbocycles. The van der Waals surface area contributed by atoms with Crippen LogP contribution in [0.25, 0.3) is 10.2 Å². The molecule has 1 heterocycles. The second kappa shape index (κ2) is 7.34. The number of halogens is 1. The predicted molar refractivity (Wildman–Crippen MR) is 98.2 cm³/mol. The van der Waals surface area contributed by atoms with E-state index in [1.54, 1.807) is 11.3 Å². The molecule has 1 N–H and O–H groups in total. The van der Waals surface area contributed by atoms with E-state index in [0.29, 0.717) is 11.6 Å². The molecule has 3 nitrogen and oxygen atoms in total. The smallest absolute Gasteiger partial charge is 0.233 e. The summed E-state index contributed by atoms with van der Waals surface area (Å²) < 4.78 is 1.14. The SMILES string of the molecule is CC(Sc1ccc(Cl)cc1)C(=O)NCc1nc2ccccc2s1. The fourth-order valence-corrected chi connectivity index (χ4v) is 4.00. The van der Waals surface area contributed by atoms with Gasteiger partial charge < -0.3 is 5.32 Å². The van der Waals surface area contributed by atoms with Crippen molar-refractivity contribution in [2.24, 2.45) is 0 Å². The van der Waals surface area contributed by atoms with E-state index in [1.807, 2.05) is 55.5 Å². The van der Waals surface area contributed by atoms with E-state index in [2.05, 4.69) is 10.3 Å². The maximum Gasteiger partial charge on any atom is 0.233 e. The Labute approximate surface area is 148 Å². The Kier molecular flexibility index (Phi) is 5.20. The van der Waals surface area contributed by atoms with Gasteiger partial charge in [-0.15, -0.1) is 23.1 Å². The van der Waals surface area contributed by atoms with Crippen LogP contribution in [0.1, 0.15) is 11.9 Å². The first-order valence-corrected chi connectivity index (χ1v) is 9.23. The lowest BCUT2D eigenvalue weighted by molar-refractivity contribution is -0.120. The number of thioether (sulfide) groups is 1. The third-order valence-electron chi connectivity index (χ3n) is 3.25. The summed E-state index contributed by atoms with van der Waals surface area (Å²) >= 11 is 8.99. The van der Waals surface area contributed by atoms with Gasteiger partial charge in [0.05, 0.1) is 22.0 Å². The first kappa shape index (κ1) is 16.3. The van der Waals surface area contributed by atoms with Gasteiger partial charge in [0, 0.05) is 9.92 Å². The first-order valence-electron chi connectivity index (χ1n) is 7.16. The molecule has 118 valence electrons. The first-order chi connectivity index (χ1) is 11.1. The van der Waals surface area contributed by atoms with Crippen LogP contribution in [0.4, 0.5) is 0 Å². The molecule has 3 rings (SSSR count). The highest BCUT2D eigenvalue weighted by molar-refractivity contribution is 8.00. The largest absolute Gasteiger partial charge is 0.349 e. The molecule has 3 aromatic rings. The monoisotopic (exact) mass is 362 g/mol. The third-order valence-corrected chi connectivity index (χ3v) is 5.65. The number of nitrogens with zero attached hydrogens (tertiary/aromatic N) is 1. The number of aromatic nitrogens is 1. The number of fused-ring (bicyclic) bond motifs is 1. The van der Waals surface area contributed by atoms with Crippen molar-refractivity contribution in [3.63, 3.8) is 0 Å². The molecule has 0 aliphatic rings. The Morgan fingerprint density at radius 2 is 2.00 bits per heavy atom. The van der Waals surface area contributed by atoms with Gasteiger partial charge in [-0.05, 0) is 43.3 Å². The highest BCUT2D eigenvalue weighted by atomic mass is 35.5. The van der Waals surface area contributed by atoms with Crippen molar-refractivity contribution >= 4 is 50.8 Å². The maximum absolute atomic E-state index is 12.2. The van der Waals surface area contributed by atoms with Crippen molar-refractivity contribution in [3.8, 4) is 0 Å². The van der Waals surface area contributed by atoms with Crippen molar-refractivity contribution in [2.45, 2.75) is 23.6 Å². The molecule has 23 heavy (non-hydrogen) atoms. The van der Waals surface area contributed by atoms with E-state index in [-0.39, 0.29) is 11.2 Å². The van der Waals surface area contributed by atoms with Gasteiger partial charge in [-0.25, -0.2) is 4.98 Å². The molecule has 1 atom stereocenters.